The maximum atomic E-state index is 11.7. The number of urea groups is 1. The second-order valence-electron chi connectivity index (χ2n) is 5.38. The van der Waals surface area contributed by atoms with E-state index in [2.05, 4.69) is 15.4 Å². The summed E-state index contributed by atoms with van der Waals surface area (Å²) in [5.74, 6) is -1.57. The maximum Gasteiger partial charge on any atom is 0.328 e. The second-order valence-corrected chi connectivity index (χ2v) is 5.38. The van der Waals surface area contributed by atoms with Crippen LogP contribution < -0.4 is 10.6 Å². The van der Waals surface area contributed by atoms with E-state index in [1.165, 1.54) is 14.0 Å². The first-order valence-corrected chi connectivity index (χ1v) is 5.94. The molecule has 110 valence electrons. The van der Waals surface area contributed by atoms with Crippen molar-refractivity contribution in [2.45, 2.75) is 46.2 Å². The maximum absolute atomic E-state index is 11.7. The minimum absolute atomic E-state index is 0.191. The molecule has 0 rings (SSSR count). The topological polar surface area (TPSA) is 105 Å². The molecular weight excluding hydrogens is 252 g/mol. The van der Waals surface area contributed by atoms with E-state index in [1.807, 2.05) is 20.8 Å². The van der Waals surface area contributed by atoms with Gasteiger partial charge in [0.15, 0.2) is 0 Å². The highest BCUT2D eigenvalue weighted by Gasteiger charge is 2.29. The van der Waals surface area contributed by atoms with Crippen LogP contribution in [0.5, 0.6) is 0 Å². The highest BCUT2D eigenvalue weighted by atomic mass is 16.5. The number of hydrogen-bond acceptors (Lipinski definition) is 4. The minimum atomic E-state index is -0.999. The zero-order chi connectivity index (χ0) is 15.2. The normalized spacial score (nSPS) is 14.2. The molecule has 0 aliphatic rings. The number of hydrogen-bond donors (Lipinski definition) is 3. The molecule has 0 aromatic heterocycles. The molecule has 7 nitrogen and oxygen atoms in total. The number of esters is 1. The Hall–Kier alpha value is -1.79. The van der Waals surface area contributed by atoms with Crippen LogP contribution in [0.4, 0.5) is 4.79 Å². The lowest BCUT2D eigenvalue weighted by atomic mass is 9.85. The number of carboxylic acids is 1. The van der Waals surface area contributed by atoms with Crippen LogP contribution in [0.2, 0.25) is 0 Å². The summed E-state index contributed by atoms with van der Waals surface area (Å²) in [5, 5.41) is 13.8. The molecule has 2 unspecified atom stereocenters. The summed E-state index contributed by atoms with van der Waals surface area (Å²) in [6, 6.07) is -1.94. The number of rotatable bonds is 5. The minimum Gasteiger partial charge on any atom is -0.481 e. The zero-order valence-electron chi connectivity index (χ0n) is 11.9. The molecule has 0 fully saturated rings. The van der Waals surface area contributed by atoms with E-state index < -0.39 is 35.5 Å². The average Bonchev–Trinajstić information content (AvgIpc) is 2.24. The summed E-state index contributed by atoms with van der Waals surface area (Å²) in [6.07, 6.45) is -0.191. The summed E-state index contributed by atoms with van der Waals surface area (Å²) in [4.78, 5) is 33.6. The van der Waals surface area contributed by atoms with Crippen LogP contribution in [0.15, 0.2) is 0 Å². The van der Waals surface area contributed by atoms with E-state index in [0.29, 0.717) is 0 Å². The van der Waals surface area contributed by atoms with Crippen molar-refractivity contribution in [1.29, 1.82) is 0 Å². The lowest BCUT2D eigenvalue weighted by Gasteiger charge is -2.30. The Bertz CT molecular complexity index is 349. The van der Waals surface area contributed by atoms with Crippen molar-refractivity contribution in [2.24, 2.45) is 5.41 Å². The van der Waals surface area contributed by atoms with Crippen molar-refractivity contribution < 1.29 is 24.2 Å². The zero-order valence-corrected chi connectivity index (χ0v) is 11.9. The van der Waals surface area contributed by atoms with Crippen LogP contribution in [0.3, 0.4) is 0 Å². The molecule has 2 atom stereocenters. The van der Waals surface area contributed by atoms with E-state index in [0.717, 1.165) is 0 Å². The number of methoxy groups -OCH3 is 1. The number of nitrogens with one attached hydrogen (secondary N) is 2. The highest BCUT2D eigenvalue weighted by molar-refractivity contribution is 5.83. The van der Waals surface area contributed by atoms with Gasteiger partial charge in [-0.25, -0.2) is 9.59 Å². The first-order valence-electron chi connectivity index (χ1n) is 5.94. The van der Waals surface area contributed by atoms with Gasteiger partial charge in [0, 0.05) is 6.04 Å². The molecule has 0 aliphatic heterocycles. The lowest BCUT2D eigenvalue weighted by Crippen LogP contribution is -2.52. The van der Waals surface area contributed by atoms with Crippen molar-refractivity contribution in [1.82, 2.24) is 10.6 Å². The van der Waals surface area contributed by atoms with Gasteiger partial charge in [-0.3, -0.25) is 4.79 Å². The van der Waals surface area contributed by atoms with Gasteiger partial charge in [-0.05, 0) is 12.3 Å². The molecule has 0 aliphatic carbocycles. The van der Waals surface area contributed by atoms with Crippen molar-refractivity contribution in [3.05, 3.63) is 0 Å². The van der Waals surface area contributed by atoms with Crippen LogP contribution in [0.25, 0.3) is 0 Å². The Morgan fingerprint density at radius 1 is 1.21 bits per heavy atom. The van der Waals surface area contributed by atoms with Crippen molar-refractivity contribution in [2.75, 3.05) is 7.11 Å². The standard InChI is InChI=1S/C12H22N2O5/c1-7(10(17)19-5)13-11(18)14-8(6-9(15)16)12(2,3)4/h7-8H,6H2,1-5H3,(H,15,16)(H2,13,14,18). The molecule has 0 aromatic rings. The SMILES string of the molecule is COC(=O)C(C)NC(=O)NC(CC(=O)O)C(C)(C)C. The molecule has 3 N–H and O–H groups in total. The Morgan fingerprint density at radius 2 is 1.74 bits per heavy atom. The molecule has 0 bridgehead atoms. The summed E-state index contributed by atoms with van der Waals surface area (Å²) in [6.45, 7) is 6.95. The number of carbonyl (C=O) groups is 3. The molecule has 0 saturated carbocycles. The molecule has 7 heteroatoms. The summed E-state index contributed by atoms with van der Waals surface area (Å²) < 4.78 is 4.47. The van der Waals surface area contributed by atoms with E-state index >= 15 is 0 Å². The van der Waals surface area contributed by atoms with Gasteiger partial charge in [0.05, 0.1) is 13.5 Å². The number of carbonyl (C=O) groups excluding carboxylic acids is 2. The molecule has 2 amide bonds. The third-order valence-electron chi connectivity index (χ3n) is 2.63. The Morgan fingerprint density at radius 3 is 2.11 bits per heavy atom. The monoisotopic (exact) mass is 274 g/mol. The fraction of sp³-hybridized carbons (Fsp3) is 0.750. The molecule has 0 aromatic carbocycles. The second kappa shape index (κ2) is 6.96. The molecule has 0 radical (unpaired) electrons. The van der Waals surface area contributed by atoms with Crippen LogP contribution in [-0.4, -0.2) is 42.3 Å². The Balaban J connectivity index is 4.56. The van der Waals surface area contributed by atoms with Gasteiger partial charge in [0.2, 0.25) is 0 Å². The average molecular weight is 274 g/mol. The number of aliphatic carboxylic acids is 1. The Kier molecular flexibility index (Phi) is 6.31. The van der Waals surface area contributed by atoms with Gasteiger partial charge in [-0.2, -0.15) is 0 Å². The largest absolute Gasteiger partial charge is 0.481 e. The summed E-state index contributed by atoms with van der Waals surface area (Å²) >= 11 is 0. The van der Waals surface area contributed by atoms with Gasteiger partial charge in [-0.15, -0.1) is 0 Å². The summed E-state index contributed by atoms with van der Waals surface area (Å²) in [7, 11) is 1.22. The molecule has 19 heavy (non-hydrogen) atoms. The predicted molar refractivity (Wildman–Crippen MR) is 68.6 cm³/mol. The van der Waals surface area contributed by atoms with Crippen molar-refractivity contribution in [3.63, 3.8) is 0 Å². The van der Waals surface area contributed by atoms with Crippen LogP contribution in [0, 0.1) is 5.41 Å². The molecule has 0 heterocycles. The van der Waals surface area contributed by atoms with Gasteiger partial charge in [0.25, 0.3) is 0 Å². The van der Waals surface area contributed by atoms with E-state index in [9.17, 15) is 14.4 Å². The predicted octanol–water partition coefficient (Wildman–Crippen LogP) is 0.736. The van der Waals surface area contributed by atoms with Crippen LogP contribution in [0.1, 0.15) is 34.1 Å². The fourth-order valence-corrected chi connectivity index (χ4v) is 1.38. The van der Waals surface area contributed by atoms with Gasteiger partial charge < -0.3 is 20.5 Å². The smallest absolute Gasteiger partial charge is 0.328 e. The Labute approximate surface area is 112 Å². The fourth-order valence-electron chi connectivity index (χ4n) is 1.38. The van der Waals surface area contributed by atoms with E-state index in [4.69, 9.17) is 5.11 Å². The van der Waals surface area contributed by atoms with E-state index in [-0.39, 0.29) is 6.42 Å². The number of carboxylic acid groups (broad SMARTS) is 1. The first-order chi connectivity index (χ1) is 8.57. The molecule has 0 saturated heterocycles. The number of ether oxygens (including phenoxy) is 1. The van der Waals surface area contributed by atoms with E-state index in [1.54, 1.807) is 0 Å². The lowest BCUT2D eigenvalue weighted by molar-refractivity contribution is -0.142. The van der Waals surface area contributed by atoms with Gasteiger partial charge in [0.1, 0.15) is 6.04 Å². The number of amides is 2. The van der Waals surface area contributed by atoms with Crippen LogP contribution in [-0.2, 0) is 14.3 Å². The molecule has 0 spiro atoms. The third kappa shape index (κ3) is 6.64. The van der Waals surface area contributed by atoms with Gasteiger partial charge >= 0.3 is 18.0 Å². The summed E-state index contributed by atoms with van der Waals surface area (Å²) in [5.41, 5.74) is -0.412. The highest BCUT2D eigenvalue weighted by Crippen LogP contribution is 2.21. The molecular formula is C12H22N2O5. The van der Waals surface area contributed by atoms with Crippen LogP contribution >= 0.6 is 0 Å². The van der Waals surface area contributed by atoms with Crippen molar-refractivity contribution >= 4 is 18.0 Å². The van der Waals surface area contributed by atoms with Gasteiger partial charge in [-0.1, -0.05) is 20.8 Å². The first kappa shape index (κ1) is 17.2. The quantitative estimate of drug-likeness (QED) is 0.641. The third-order valence-corrected chi connectivity index (χ3v) is 2.63. The van der Waals surface area contributed by atoms with Crippen molar-refractivity contribution in [3.8, 4) is 0 Å².